The first-order valence-electron chi connectivity index (χ1n) is 2.85. The third kappa shape index (κ3) is 8.73. The molecule has 0 bridgehead atoms. The molecule has 0 unspecified atom stereocenters. The fraction of sp³-hybridized carbons (Fsp3) is 0.167. The van der Waals surface area contributed by atoms with Crippen LogP contribution in [0.2, 0.25) is 0 Å². The Bertz CT molecular complexity index is 316. The molecule has 0 radical (unpaired) electrons. The highest BCUT2D eigenvalue weighted by Gasteiger charge is 2.03. The summed E-state index contributed by atoms with van der Waals surface area (Å²) in [5.41, 5.74) is 0. The molecule has 0 aromatic carbocycles. The van der Waals surface area contributed by atoms with Gasteiger partial charge in [0.25, 0.3) is 10.1 Å². The zero-order valence-corrected chi connectivity index (χ0v) is 7.87. The quantitative estimate of drug-likeness (QED) is 0.305. The number of ether oxygens (including phenoxy) is 1. The first kappa shape index (κ1) is 14.3. The van der Waals surface area contributed by atoms with E-state index in [1.54, 1.807) is 0 Å². The summed E-state index contributed by atoms with van der Waals surface area (Å²) >= 11 is 0. The van der Waals surface area contributed by atoms with Crippen molar-refractivity contribution < 1.29 is 22.5 Å². The minimum Gasteiger partial charge on any atom is -0.427 e. The summed E-state index contributed by atoms with van der Waals surface area (Å²) in [6.45, 7) is 4.31. The van der Waals surface area contributed by atoms with Crippen LogP contribution in [0.25, 0.3) is 0 Å². The van der Waals surface area contributed by atoms with Crippen molar-refractivity contribution >= 4 is 16.1 Å². The van der Waals surface area contributed by atoms with Gasteiger partial charge in [-0.15, -0.1) is 0 Å². The second kappa shape index (κ2) is 5.46. The molecule has 4 N–H and O–H groups in total. The van der Waals surface area contributed by atoms with E-state index in [1.165, 1.54) is 6.92 Å². The third-order valence-corrected chi connectivity index (χ3v) is 1.37. The predicted molar refractivity (Wildman–Crippen MR) is 46.6 cm³/mol. The molecule has 0 rings (SSSR count). The van der Waals surface area contributed by atoms with E-state index >= 15 is 0 Å². The number of hydrogen-bond acceptors (Lipinski definition) is 5. The van der Waals surface area contributed by atoms with Gasteiger partial charge in [0, 0.05) is 6.08 Å². The number of rotatable bonds is 3. The van der Waals surface area contributed by atoms with Gasteiger partial charge in [0.2, 0.25) is 0 Å². The molecule has 13 heavy (non-hydrogen) atoms. The Balaban J connectivity index is 0. The molecule has 0 amide bonds. The fourth-order valence-corrected chi connectivity index (χ4v) is 0.902. The van der Waals surface area contributed by atoms with Crippen LogP contribution in [0.4, 0.5) is 0 Å². The molecule has 0 atom stereocenters. The number of hydrogen-bond donors (Lipinski definition) is 2. The zero-order valence-electron chi connectivity index (χ0n) is 7.06. The maximum Gasteiger partial charge on any atom is 0.335 e. The van der Waals surface area contributed by atoms with Crippen molar-refractivity contribution in [3.63, 3.8) is 0 Å². The molecule has 0 aromatic heterocycles. The molecule has 76 valence electrons. The van der Waals surface area contributed by atoms with Crippen LogP contribution in [0.5, 0.6) is 0 Å². The van der Waals surface area contributed by atoms with Crippen LogP contribution in [-0.2, 0) is 19.6 Å². The molecule has 7 heteroatoms. The summed E-state index contributed by atoms with van der Waals surface area (Å²) in [5, 5.41) is 0.425. The summed E-state index contributed by atoms with van der Waals surface area (Å²) in [7, 11) is -4.25. The van der Waals surface area contributed by atoms with Gasteiger partial charge in [-0.25, -0.2) is 4.79 Å². The average molecular weight is 209 g/mol. The lowest BCUT2D eigenvalue weighted by Gasteiger charge is -1.98. The fourth-order valence-electron chi connectivity index (χ4n) is 0.434. The minimum absolute atomic E-state index is 0. The maximum atomic E-state index is 10.5. The molecule has 0 heterocycles. The van der Waals surface area contributed by atoms with Crippen LogP contribution in [0.3, 0.4) is 0 Å². The highest BCUT2D eigenvalue weighted by atomic mass is 32.2. The lowest BCUT2D eigenvalue weighted by molar-refractivity contribution is -0.133. The van der Waals surface area contributed by atoms with Gasteiger partial charge < -0.3 is 10.9 Å². The highest BCUT2D eigenvalue weighted by Crippen LogP contribution is 1.99. The van der Waals surface area contributed by atoms with Gasteiger partial charge in [0.05, 0.1) is 5.41 Å². The van der Waals surface area contributed by atoms with Crippen LogP contribution in [-0.4, -0.2) is 18.9 Å². The summed E-state index contributed by atoms with van der Waals surface area (Å²) < 4.78 is 32.9. The van der Waals surface area contributed by atoms with Gasteiger partial charge in [0.15, 0.2) is 0 Å². The summed E-state index contributed by atoms with van der Waals surface area (Å²) in [6, 6.07) is 0. The smallest absolute Gasteiger partial charge is 0.335 e. The van der Waals surface area contributed by atoms with E-state index in [0.717, 1.165) is 6.08 Å². The van der Waals surface area contributed by atoms with Gasteiger partial charge in [0.1, 0.15) is 5.76 Å². The molecule has 0 aliphatic rings. The van der Waals surface area contributed by atoms with Crippen LogP contribution < -0.4 is 6.15 Å². The second-order valence-corrected chi connectivity index (χ2v) is 3.13. The number of carbonyl (C=O) groups excluding carboxylic acids is 1. The van der Waals surface area contributed by atoms with Crippen molar-refractivity contribution in [1.29, 1.82) is 0 Å². The second-order valence-electron chi connectivity index (χ2n) is 1.87. The number of carbonyl (C=O) groups is 1. The van der Waals surface area contributed by atoms with Crippen LogP contribution in [0.1, 0.15) is 6.92 Å². The van der Waals surface area contributed by atoms with E-state index in [1.807, 2.05) is 0 Å². The normalized spacial score (nSPS) is 11.4. The SMILES string of the molecule is C=CC(=O)OC(C)=CS(=O)(=O)O.N. The summed E-state index contributed by atoms with van der Waals surface area (Å²) in [5.74, 6) is -1.00. The lowest BCUT2D eigenvalue weighted by Crippen LogP contribution is -2.00. The molecule has 0 saturated heterocycles. The van der Waals surface area contributed by atoms with Gasteiger partial charge in [-0.3, -0.25) is 4.55 Å². The van der Waals surface area contributed by atoms with Crippen molar-refractivity contribution in [1.82, 2.24) is 6.15 Å². The zero-order chi connectivity index (χ0) is 9.78. The molecule has 0 saturated carbocycles. The standard InChI is InChI=1S/C6H8O5S.H3N/c1-3-6(7)11-5(2)4-12(8,9)10;/h3-4H,1H2,2H3,(H,8,9,10);1H3. The monoisotopic (exact) mass is 209 g/mol. The van der Waals surface area contributed by atoms with E-state index < -0.39 is 16.1 Å². The van der Waals surface area contributed by atoms with Gasteiger partial charge in [-0.2, -0.15) is 8.42 Å². The molecule has 0 fully saturated rings. The van der Waals surface area contributed by atoms with Crippen molar-refractivity contribution in [2.75, 3.05) is 0 Å². The lowest BCUT2D eigenvalue weighted by atomic mass is 10.6. The van der Waals surface area contributed by atoms with Crippen molar-refractivity contribution in [3.8, 4) is 0 Å². The van der Waals surface area contributed by atoms with Gasteiger partial charge in [-0.05, 0) is 6.92 Å². The first-order chi connectivity index (χ1) is 5.35. The Morgan fingerprint density at radius 2 is 2.00 bits per heavy atom. The molecular formula is C6H11NO5S. The van der Waals surface area contributed by atoms with E-state index in [9.17, 15) is 13.2 Å². The van der Waals surface area contributed by atoms with E-state index in [2.05, 4.69) is 11.3 Å². The average Bonchev–Trinajstić information content (AvgIpc) is 1.82. The van der Waals surface area contributed by atoms with Crippen molar-refractivity contribution in [2.45, 2.75) is 6.92 Å². The topological polar surface area (TPSA) is 116 Å². The Labute approximate surface area is 76.2 Å². The Kier molecular flexibility index (Phi) is 6.03. The van der Waals surface area contributed by atoms with E-state index in [4.69, 9.17) is 4.55 Å². The minimum atomic E-state index is -4.25. The van der Waals surface area contributed by atoms with Crippen LogP contribution in [0, 0.1) is 0 Å². The third-order valence-electron chi connectivity index (χ3n) is 0.743. The van der Waals surface area contributed by atoms with Crippen molar-refractivity contribution in [2.24, 2.45) is 0 Å². The van der Waals surface area contributed by atoms with Gasteiger partial charge >= 0.3 is 5.97 Å². The molecule has 6 nitrogen and oxygen atoms in total. The maximum absolute atomic E-state index is 10.5. The highest BCUT2D eigenvalue weighted by molar-refractivity contribution is 7.88. The largest absolute Gasteiger partial charge is 0.427 e. The predicted octanol–water partition coefficient (Wildman–Crippen LogP) is 0.627. The molecule has 0 spiro atoms. The molecular weight excluding hydrogens is 198 g/mol. The van der Waals surface area contributed by atoms with Crippen LogP contribution >= 0.6 is 0 Å². The number of esters is 1. The molecule has 0 aromatic rings. The summed E-state index contributed by atoms with van der Waals surface area (Å²) in [4.78, 5) is 10.5. The Hall–Kier alpha value is -1.18. The molecule has 0 aliphatic heterocycles. The van der Waals surface area contributed by atoms with Crippen molar-refractivity contribution in [3.05, 3.63) is 23.8 Å². The van der Waals surface area contributed by atoms with E-state index in [-0.39, 0.29) is 11.9 Å². The Morgan fingerprint density at radius 3 is 2.31 bits per heavy atom. The van der Waals surface area contributed by atoms with Gasteiger partial charge in [-0.1, -0.05) is 6.58 Å². The Morgan fingerprint density at radius 1 is 1.54 bits per heavy atom. The molecule has 0 aliphatic carbocycles. The van der Waals surface area contributed by atoms with E-state index in [0.29, 0.717) is 5.41 Å². The summed E-state index contributed by atoms with van der Waals surface area (Å²) in [6.07, 6.45) is 0.876. The van der Waals surface area contributed by atoms with Crippen LogP contribution in [0.15, 0.2) is 23.8 Å². The number of allylic oxidation sites excluding steroid dienone is 1. The first-order valence-corrected chi connectivity index (χ1v) is 4.35.